The van der Waals surface area contributed by atoms with Crippen molar-refractivity contribution in [3.8, 4) is 0 Å². The molecule has 0 unspecified atom stereocenters. The Morgan fingerprint density at radius 1 is 1.31 bits per heavy atom. The minimum absolute atomic E-state index is 0. The number of guanidine groups is 1. The van der Waals surface area contributed by atoms with E-state index in [2.05, 4.69) is 16.9 Å². The van der Waals surface area contributed by atoms with Gasteiger partial charge >= 0.3 is 0 Å². The Morgan fingerprint density at radius 3 is 2.73 bits per heavy atom. The lowest BCUT2D eigenvalue weighted by Crippen LogP contribution is -2.40. The molecule has 1 aliphatic carbocycles. The first kappa shape index (κ1) is 23.6. The lowest BCUT2D eigenvalue weighted by molar-refractivity contribution is 0.141. The first-order valence-electron chi connectivity index (χ1n) is 9.30. The smallest absolute Gasteiger partial charge is 0.191 e. The van der Waals surface area contributed by atoms with E-state index in [1.807, 2.05) is 23.9 Å². The van der Waals surface area contributed by atoms with E-state index in [1.54, 1.807) is 13.4 Å². The van der Waals surface area contributed by atoms with Gasteiger partial charge in [-0.05, 0) is 43.1 Å². The highest BCUT2D eigenvalue weighted by Crippen LogP contribution is 2.41. The van der Waals surface area contributed by atoms with Crippen molar-refractivity contribution in [1.82, 2.24) is 10.6 Å². The summed E-state index contributed by atoms with van der Waals surface area (Å²) in [5.41, 5.74) is 0.325. The third-order valence-corrected chi connectivity index (χ3v) is 5.53. The van der Waals surface area contributed by atoms with Crippen molar-refractivity contribution in [2.24, 2.45) is 10.4 Å². The van der Waals surface area contributed by atoms with Crippen molar-refractivity contribution in [1.29, 1.82) is 0 Å². The van der Waals surface area contributed by atoms with Gasteiger partial charge in [-0.1, -0.05) is 12.8 Å². The molecular formula is C19H34IN3O2S. The Bertz CT molecular complexity index is 491. The highest BCUT2D eigenvalue weighted by Gasteiger charge is 2.33. The molecule has 1 fully saturated rings. The van der Waals surface area contributed by atoms with Gasteiger partial charge in [-0.2, -0.15) is 11.8 Å². The van der Waals surface area contributed by atoms with Crippen molar-refractivity contribution in [3.05, 3.63) is 24.2 Å². The van der Waals surface area contributed by atoms with Crippen molar-refractivity contribution in [2.75, 3.05) is 45.4 Å². The van der Waals surface area contributed by atoms with Crippen LogP contribution in [0.1, 0.15) is 37.9 Å². The SMILES string of the molecule is COCCC1(CN=C(NCCSC)NCCc2ccco2)CCCC1.I. The summed E-state index contributed by atoms with van der Waals surface area (Å²) >= 11 is 1.84. The van der Waals surface area contributed by atoms with E-state index >= 15 is 0 Å². The number of aliphatic imine (C=N–C) groups is 1. The second-order valence-electron chi connectivity index (χ2n) is 6.79. The molecule has 150 valence electrons. The zero-order chi connectivity index (χ0) is 17.8. The Morgan fingerprint density at radius 2 is 2.08 bits per heavy atom. The molecule has 0 aromatic carbocycles. The maximum absolute atomic E-state index is 5.40. The Labute approximate surface area is 179 Å². The van der Waals surface area contributed by atoms with E-state index in [0.29, 0.717) is 5.41 Å². The highest BCUT2D eigenvalue weighted by atomic mass is 127. The van der Waals surface area contributed by atoms with Crippen molar-refractivity contribution in [2.45, 2.75) is 38.5 Å². The summed E-state index contributed by atoms with van der Waals surface area (Å²) in [6, 6.07) is 3.94. The average Bonchev–Trinajstić information content (AvgIpc) is 3.30. The van der Waals surface area contributed by atoms with Crippen LogP contribution in [0.5, 0.6) is 0 Å². The van der Waals surface area contributed by atoms with Crippen LogP contribution < -0.4 is 10.6 Å². The van der Waals surface area contributed by atoms with Gasteiger partial charge in [0.25, 0.3) is 0 Å². The molecule has 0 saturated heterocycles. The number of thioether (sulfide) groups is 1. The quantitative estimate of drug-likeness (QED) is 0.211. The van der Waals surface area contributed by atoms with E-state index in [1.165, 1.54) is 25.7 Å². The molecule has 1 saturated carbocycles. The molecule has 0 bridgehead atoms. The number of halogens is 1. The molecular weight excluding hydrogens is 461 g/mol. The summed E-state index contributed by atoms with van der Waals surface area (Å²) in [5.74, 6) is 3.00. The first-order chi connectivity index (χ1) is 12.3. The van der Waals surface area contributed by atoms with Gasteiger partial charge in [-0.25, -0.2) is 0 Å². The fourth-order valence-electron chi connectivity index (χ4n) is 3.38. The minimum atomic E-state index is 0. The second-order valence-corrected chi connectivity index (χ2v) is 7.78. The fourth-order valence-corrected chi connectivity index (χ4v) is 3.69. The molecule has 5 nitrogen and oxygen atoms in total. The molecule has 2 rings (SSSR count). The number of methoxy groups -OCH3 is 1. The molecule has 0 radical (unpaired) electrons. The number of furan rings is 1. The van der Waals surface area contributed by atoms with E-state index < -0.39 is 0 Å². The minimum Gasteiger partial charge on any atom is -0.469 e. The van der Waals surface area contributed by atoms with E-state index in [9.17, 15) is 0 Å². The molecule has 0 spiro atoms. The summed E-state index contributed by atoms with van der Waals surface area (Å²) in [5, 5.41) is 6.91. The number of nitrogens with one attached hydrogen (secondary N) is 2. The number of hydrogen-bond acceptors (Lipinski definition) is 4. The zero-order valence-electron chi connectivity index (χ0n) is 16.1. The molecule has 26 heavy (non-hydrogen) atoms. The Hall–Kier alpha value is -0.410. The first-order valence-corrected chi connectivity index (χ1v) is 10.7. The summed E-state index contributed by atoms with van der Waals surface area (Å²) in [6.45, 7) is 3.46. The van der Waals surface area contributed by atoms with Gasteiger partial charge in [0.15, 0.2) is 5.96 Å². The van der Waals surface area contributed by atoms with Crippen LogP contribution >= 0.6 is 35.7 Å². The molecule has 0 atom stereocenters. The van der Waals surface area contributed by atoms with E-state index in [-0.39, 0.29) is 24.0 Å². The molecule has 0 amide bonds. The molecule has 1 aromatic heterocycles. The van der Waals surface area contributed by atoms with E-state index in [0.717, 1.165) is 56.6 Å². The number of rotatable bonds is 11. The van der Waals surface area contributed by atoms with Gasteiger partial charge in [0.1, 0.15) is 5.76 Å². The molecule has 7 heteroatoms. The Kier molecular flexibility index (Phi) is 12.5. The molecule has 1 heterocycles. The van der Waals surface area contributed by atoms with E-state index in [4.69, 9.17) is 14.1 Å². The third kappa shape index (κ3) is 8.52. The van der Waals surface area contributed by atoms with Crippen LogP contribution in [-0.4, -0.2) is 51.3 Å². The maximum atomic E-state index is 5.40. The number of ether oxygens (including phenoxy) is 1. The second kappa shape index (κ2) is 13.7. The predicted molar refractivity (Wildman–Crippen MR) is 122 cm³/mol. The van der Waals surface area contributed by atoms with Crippen molar-refractivity contribution in [3.63, 3.8) is 0 Å². The maximum Gasteiger partial charge on any atom is 0.191 e. The van der Waals surface area contributed by atoms with Crippen LogP contribution in [0, 0.1) is 5.41 Å². The van der Waals surface area contributed by atoms with Gasteiger partial charge in [-0.15, -0.1) is 24.0 Å². The monoisotopic (exact) mass is 495 g/mol. The van der Waals surface area contributed by atoms with Crippen LogP contribution in [0.2, 0.25) is 0 Å². The van der Waals surface area contributed by atoms with Crippen LogP contribution in [0.3, 0.4) is 0 Å². The topological polar surface area (TPSA) is 58.8 Å². The lowest BCUT2D eigenvalue weighted by atomic mass is 9.83. The lowest BCUT2D eigenvalue weighted by Gasteiger charge is -2.27. The average molecular weight is 495 g/mol. The summed E-state index contributed by atoms with van der Waals surface area (Å²) in [4.78, 5) is 4.92. The zero-order valence-corrected chi connectivity index (χ0v) is 19.2. The normalized spacial score (nSPS) is 16.3. The van der Waals surface area contributed by atoms with Crippen LogP contribution in [0.15, 0.2) is 27.8 Å². The van der Waals surface area contributed by atoms with Crippen LogP contribution in [0.4, 0.5) is 0 Å². The summed E-state index contributed by atoms with van der Waals surface area (Å²) < 4.78 is 10.7. The third-order valence-electron chi connectivity index (χ3n) is 4.92. The Balaban J connectivity index is 0.00000338. The van der Waals surface area contributed by atoms with Crippen molar-refractivity contribution >= 4 is 41.7 Å². The molecule has 1 aliphatic rings. The number of hydrogen-bond donors (Lipinski definition) is 2. The van der Waals surface area contributed by atoms with Gasteiger partial charge < -0.3 is 19.8 Å². The van der Waals surface area contributed by atoms with Gasteiger partial charge in [0.2, 0.25) is 0 Å². The largest absolute Gasteiger partial charge is 0.469 e. The molecule has 1 aromatic rings. The van der Waals surface area contributed by atoms with Gasteiger partial charge in [-0.3, -0.25) is 4.99 Å². The van der Waals surface area contributed by atoms with Gasteiger partial charge in [0, 0.05) is 45.5 Å². The van der Waals surface area contributed by atoms with Crippen LogP contribution in [0.25, 0.3) is 0 Å². The summed E-state index contributed by atoms with van der Waals surface area (Å²) in [7, 11) is 1.79. The summed E-state index contributed by atoms with van der Waals surface area (Å²) in [6.07, 6.45) is 11.0. The fraction of sp³-hybridized carbons (Fsp3) is 0.737. The molecule has 2 N–H and O–H groups in total. The highest BCUT2D eigenvalue weighted by molar-refractivity contribution is 14.0. The number of nitrogens with zero attached hydrogens (tertiary/aromatic N) is 1. The standard InChI is InChI=1S/C19H33N3O2S.HI/c1-23-14-10-19(8-3-4-9-19)16-22-18(21-12-15-25-2)20-11-7-17-6-5-13-24-17;/h5-6,13H,3-4,7-12,14-16H2,1-2H3,(H2,20,21,22);1H. The van der Waals surface area contributed by atoms with Crippen molar-refractivity contribution < 1.29 is 9.15 Å². The molecule has 0 aliphatic heterocycles. The predicted octanol–water partition coefficient (Wildman–Crippen LogP) is 3.94. The van der Waals surface area contributed by atoms with Crippen LogP contribution in [-0.2, 0) is 11.2 Å². The van der Waals surface area contributed by atoms with Gasteiger partial charge in [0.05, 0.1) is 6.26 Å².